The summed E-state index contributed by atoms with van der Waals surface area (Å²) in [4.78, 5) is 19.1. The van der Waals surface area contributed by atoms with Crippen molar-refractivity contribution < 1.29 is 4.79 Å². The van der Waals surface area contributed by atoms with Crippen molar-refractivity contribution in [1.29, 1.82) is 0 Å². The lowest BCUT2D eigenvalue weighted by Crippen LogP contribution is -2.43. The Kier molecular flexibility index (Phi) is 5.19. The summed E-state index contributed by atoms with van der Waals surface area (Å²) in [6, 6.07) is 0.289. The fourth-order valence-corrected chi connectivity index (χ4v) is 3.21. The maximum absolute atomic E-state index is 12.5. The van der Waals surface area contributed by atoms with Crippen LogP contribution in [0.3, 0.4) is 0 Å². The standard InChI is InChI=1S/C13H23N5OS/c1-3-6-16-13-17-11(14)10(20-13)12(19)18(2)9-4-7-15-8-5-9/h9,15H,3-8,14H2,1-2H3,(H,16,17). The zero-order valence-electron chi connectivity index (χ0n) is 12.1. The van der Waals surface area contributed by atoms with Gasteiger partial charge in [0.25, 0.3) is 5.91 Å². The number of anilines is 2. The zero-order chi connectivity index (χ0) is 14.5. The average molecular weight is 297 g/mol. The van der Waals surface area contributed by atoms with Crippen LogP contribution >= 0.6 is 11.3 Å². The molecule has 0 saturated carbocycles. The Morgan fingerprint density at radius 1 is 1.55 bits per heavy atom. The van der Waals surface area contributed by atoms with Crippen molar-refractivity contribution in [2.45, 2.75) is 32.2 Å². The molecule has 1 aliphatic rings. The summed E-state index contributed by atoms with van der Waals surface area (Å²) in [7, 11) is 1.86. The largest absolute Gasteiger partial charge is 0.382 e. The van der Waals surface area contributed by atoms with Gasteiger partial charge in [0.1, 0.15) is 10.7 Å². The molecule has 1 amide bonds. The SMILES string of the molecule is CCCNc1nc(N)c(C(=O)N(C)C2CCNCC2)s1. The first-order valence-corrected chi connectivity index (χ1v) is 7.93. The molecule has 6 nitrogen and oxygen atoms in total. The normalized spacial score (nSPS) is 16.1. The number of piperidine rings is 1. The molecule has 0 atom stereocenters. The highest BCUT2D eigenvalue weighted by Gasteiger charge is 2.26. The number of nitrogens with zero attached hydrogens (tertiary/aromatic N) is 2. The number of hydrogen-bond acceptors (Lipinski definition) is 6. The molecule has 4 N–H and O–H groups in total. The molecule has 0 aliphatic carbocycles. The number of hydrogen-bond donors (Lipinski definition) is 3. The van der Waals surface area contributed by atoms with E-state index in [1.807, 2.05) is 11.9 Å². The van der Waals surface area contributed by atoms with Crippen molar-refractivity contribution in [3.05, 3.63) is 4.88 Å². The van der Waals surface area contributed by atoms with Crippen LogP contribution in [0, 0.1) is 0 Å². The predicted octanol–water partition coefficient (Wildman–Crippen LogP) is 1.37. The van der Waals surface area contributed by atoms with E-state index < -0.39 is 0 Å². The van der Waals surface area contributed by atoms with Gasteiger partial charge in [-0.25, -0.2) is 4.98 Å². The number of thiazole rings is 1. The van der Waals surface area contributed by atoms with Crippen LogP contribution in [-0.4, -0.2) is 48.5 Å². The maximum atomic E-state index is 12.5. The van der Waals surface area contributed by atoms with Gasteiger partial charge < -0.3 is 21.3 Å². The van der Waals surface area contributed by atoms with E-state index in [1.165, 1.54) is 11.3 Å². The number of nitrogen functional groups attached to an aromatic ring is 1. The summed E-state index contributed by atoms with van der Waals surface area (Å²) in [5, 5.41) is 7.21. The first-order valence-electron chi connectivity index (χ1n) is 7.11. The van der Waals surface area contributed by atoms with Crippen molar-refractivity contribution in [3.63, 3.8) is 0 Å². The van der Waals surface area contributed by atoms with Crippen LogP contribution in [0.1, 0.15) is 35.9 Å². The first-order chi connectivity index (χ1) is 9.63. The van der Waals surface area contributed by atoms with Gasteiger partial charge in [0.15, 0.2) is 5.13 Å². The van der Waals surface area contributed by atoms with E-state index in [1.54, 1.807) is 0 Å². The molecule has 0 unspecified atom stereocenters. The number of rotatable bonds is 5. The molecule has 1 aromatic rings. The van der Waals surface area contributed by atoms with Crippen LogP contribution in [0.25, 0.3) is 0 Å². The van der Waals surface area contributed by atoms with Gasteiger partial charge in [0, 0.05) is 19.6 Å². The number of nitrogens with two attached hydrogens (primary N) is 1. The lowest BCUT2D eigenvalue weighted by atomic mass is 10.1. The number of nitrogens with one attached hydrogen (secondary N) is 2. The second kappa shape index (κ2) is 6.90. The van der Waals surface area contributed by atoms with E-state index in [9.17, 15) is 4.79 Å². The smallest absolute Gasteiger partial charge is 0.267 e. The van der Waals surface area contributed by atoms with Crippen LogP contribution in [0.15, 0.2) is 0 Å². The minimum Gasteiger partial charge on any atom is -0.382 e. The molecule has 2 heterocycles. The molecule has 1 fully saturated rings. The third kappa shape index (κ3) is 3.40. The quantitative estimate of drug-likeness (QED) is 0.764. The van der Waals surface area contributed by atoms with E-state index in [4.69, 9.17) is 5.73 Å². The Morgan fingerprint density at radius 3 is 2.90 bits per heavy atom. The summed E-state index contributed by atoms with van der Waals surface area (Å²) in [6.45, 7) is 4.85. The van der Waals surface area contributed by atoms with E-state index in [2.05, 4.69) is 22.5 Å². The molecule has 20 heavy (non-hydrogen) atoms. The summed E-state index contributed by atoms with van der Waals surface area (Å²) >= 11 is 1.35. The summed E-state index contributed by atoms with van der Waals surface area (Å²) in [6.07, 6.45) is 2.99. The van der Waals surface area contributed by atoms with Crippen molar-refractivity contribution in [2.75, 3.05) is 37.7 Å². The number of carbonyl (C=O) groups excluding carboxylic acids is 1. The molecule has 2 rings (SSSR count). The molecule has 0 bridgehead atoms. The maximum Gasteiger partial charge on any atom is 0.267 e. The van der Waals surface area contributed by atoms with Crippen molar-refractivity contribution in [2.24, 2.45) is 0 Å². The molecule has 7 heteroatoms. The molecule has 1 aromatic heterocycles. The van der Waals surface area contributed by atoms with E-state index in [-0.39, 0.29) is 11.9 Å². The average Bonchev–Trinajstić information content (AvgIpc) is 2.85. The fourth-order valence-electron chi connectivity index (χ4n) is 2.31. The summed E-state index contributed by atoms with van der Waals surface area (Å²) < 4.78 is 0. The second-order valence-corrected chi connectivity index (χ2v) is 6.06. The van der Waals surface area contributed by atoms with Gasteiger partial charge in [-0.1, -0.05) is 18.3 Å². The number of amides is 1. The van der Waals surface area contributed by atoms with E-state index in [0.717, 1.165) is 44.0 Å². The third-order valence-electron chi connectivity index (χ3n) is 3.55. The summed E-state index contributed by atoms with van der Waals surface area (Å²) in [5.41, 5.74) is 5.88. The van der Waals surface area contributed by atoms with Crippen molar-refractivity contribution in [3.8, 4) is 0 Å². The van der Waals surface area contributed by atoms with E-state index >= 15 is 0 Å². The fraction of sp³-hybridized carbons (Fsp3) is 0.692. The van der Waals surface area contributed by atoms with Gasteiger partial charge in [-0.3, -0.25) is 4.79 Å². The minimum absolute atomic E-state index is 0.0172. The van der Waals surface area contributed by atoms with Crippen LogP contribution in [0.5, 0.6) is 0 Å². The van der Waals surface area contributed by atoms with E-state index in [0.29, 0.717) is 10.7 Å². The van der Waals surface area contributed by atoms with Gasteiger partial charge in [-0.15, -0.1) is 0 Å². The van der Waals surface area contributed by atoms with Gasteiger partial charge in [0.05, 0.1) is 0 Å². The monoisotopic (exact) mass is 297 g/mol. The third-order valence-corrected chi connectivity index (χ3v) is 4.57. The minimum atomic E-state index is -0.0172. The molecule has 1 saturated heterocycles. The first kappa shape index (κ1) is 15.1. The number of aromatic nitrogens is 1. The van der Waals surface area contributed by atoms with Crippen molar-refractivity contribution >= 4 is 28.2 Å². The van der Waals surface area contributed by atoms with Crippen LogP contribution < -0.4 is 16.4 Å². The van der Waals surface area contributed by atoms with Gasteiger partial charge >= 0.3 is 0 Å². The molecule has 1 aliphatic heterocycles. The Balaban J connectivity index is 2.05. The van der Waals surface area contributed by atoms with Gasteiger partial charge in [-0.2, -0.15) is 0 Å². The molecule has 112 valence electrons. The Bertz CT molecular complexity index is 456. The Labute approximate surface area is 123 Å². The van der Waals surface area contributed by atoms with Crippen LogP contribution in [0.4, 0.5) is 10.9 Å². The molecule has 0 aromatic carbocycles. The Morgan fingerprint density at radius 2 is 2.25 bits per heavy atom. The zero-order valence-corrected chi connectivity index (χ0v) is 12.9. The number of carbonyl (C=O) groups is 1. The lowest BCUT2D eigenvalue weighted by Gasteiger charge is -2.31. The van der Waals surface area contributed by atoms with Crippen molar-refractivity contribution in [1.82, 2.24) is 15.2 Å². The highest BCUT2D eigenvalue weighted by Crippen LogP contribution is 2.27. The topological polar surface area (TPSA) is 83.3 Å². The Hall–Kier alpha value is -1.34. The second-order valence-electron chi connectivity index (χ2n) is 5.06. The molecule has 0 radical (unpaired) electrons. The molecular weight excluding hydrogens is 274 g/mol. The van der Waals surface area contributed by atoms with Crippen LogP contribution in [-0.2, 0) is 0 Å². The van der Waals surface area contributed by atoms with Gasteiger partial charge in [-0.05, 0) is 32.4 Å². The van der Waals surface area contributed by atoms with Crippen LogP contribution in [0.2, 0.25) is 0 Å². The highest BCUT2D eigenvalue weighted by molar-refractivity contribution is 7.18. The molecular formula is C13H23N5OS. The highest BCUT2D eigenvalue weighted by atomic mass is 32.1. The lowest BCUT2D eigenvalue weighted by molar-refractivity contribution is 0.0709. The predicted molar refractivity (Wildman–Crippen MR) is 83.3 cm³/mol. The summed E-state index contributed by atoms with van der Waals surface area (Å²) in [5.74, 6) is 0.316. The van der Waals surface area contributed by atoms with Gasteiger partial charge in [0.2, 0.25) is 0 Å². The molecule has 0 spiro atoms.